The average molecular weight is 391 g/mol. The summed E-state index contributed by atoms with van der Waals surface area (Å²) >= 11 is 0. The lowest BCUT2D eigenvalue weighted by atomic mass is 10.0. The van der Waals surface area contributed by atoms with Crippen molar-refractivity contribution in [2.75, 3.05) is 0 Å². The maximum atomic E-state index is 14.1. The van der Waals surface area contributed by atoms with Gasteiger partial charge < -0.3 is 4.42 Å². The Morgan fingerprint density at radius 2 is 1.89 bits per heavy atom. The molecule has 1 aromatic carbocycles. The van der Waals surface area contributed by atoms with Crippen molar-refractivity contribution in [1.29, 1.82) is 0 Å². The van der Waals surface area contributed by atoms with E-state index in [4.69, 9.17) is 4.42 Å². The van der Waals surface area contributed by atoms with E-state index < -0.39 is 23.3 Å². The van der Waals surface area contributed by atoms with Gasteiger partial charge in [-0.25, -0.2) is 18.2 Å². The monoisotopic (exact) mass is 391 g/mol. The molecule has 0 aliphatic heterocycles. The smallest absolute Gasteiger partial charge is 0.273 e. The first-order valence-corrected chi connectivity index (χ1v) is 8.21. The highest BCUT2D eigenvalue weighted by molar-refractivity contribution is 5.81. The topological polar surface area (TPSA) is 69.6 Å². The van der Waals surface area contributed by atoms with Gasteiger partial charge in [-0.15, -0.1) is 15.3 Å². The summed E-state index contributed by atoms with van der Waals surface area (Å²) < 4.78 is 61.7. The van der Waals surface area contributed by atoms with Gasteiger partial charge in [0.2, 0.25) is 11.8 Å². The Bertz CT molecular complexity index is 1180. The summed E-state index contributed by atoms with van der Waals surface area (Å²) in [5.74, 6) is -4.57. The molecule has 6 nitrogen and oxygen atoms in total. The molecule has 28 heavy (non-hydrogen) atoms. The average Bonchev–Trinajstić information content (AvgIpc) is 3.18. The highest BCUT2D eigenvalue weighted by Gasteiger charge is 2.28. The molecule has 3 heterocycles. The van der Waals surface area contributed by atoms with E-state index in [0.717, 1.165) is 12.1 Å². The Morgan fingerprint density at radius 3 is 2.57 bits per heavy atom. The van der Waals surface area contributed by atoms with E-state index in [1.807, 2.05) is 0 Å². The Hall–Kier alpha value is -3.30. The van der Waals surface area contributed by atoms with Crippen molar-refractivity contribution in [2.24, 2.45) is 0 Å². The number of fused-ring (bicyclic) bond motifs is 1. The number of rotatable bonds is 4. The Labute approximate surface area is 155 Å². The predicted molar refractivity (Wildman–Crippen MR) is 90.6 cm³/mol. The van der Waals surface area contributed by atoms with Gasteiger partial charge in [0.1, 0.15) is 17.9 Å². The normalized spacial score (nSPS) is 12.1. The van der Waals surface area contributed by atoms with Crippen LogP contribution in [0.4, 0.5) is 17.6 Å². The van der Waals surface area contributed by atoms with Gasteiger partial charge in [0.25, 0.3) is 11.9 Å². The quantitative estimate of drug-likeness (QED) is 0.487. The summed E-state index contributed by atoms with van der Waals surface area (Å²) in [4.78, 5) is 4.03. The van der Waals surface area contributed by atoms with Gasteiger partial charge in [-0.3, -0.25) is 4.68 Å². The van der Waals surface area contributed by atoms with E-state index in [0.29, 0.717) is 29.5 Å². The van der Waals surface area contributed by atoms with Gasteiger partial charge in [-0.05, 0) is 23.8 Å². The van der Waals surface area contributed by atoms with Gasteiger partial charge in [0, 0.05) is 25.6 Å². The molecular weight excluding hydrogens is 378 g/mol. The predicted octanol–water partition coefficient (Wildman–Crippen LogP) is 4.23. The first kappa shape index (κ1) is 18.1. The molecular formula is C18H13F4N5O. The van der Waals surface area contributed by atoms with Crippen molar-refractivity contribution >= 4 is 11.0 Å². The molecule has 0 aliphatic carbocycles. The van der Waals surface area contributed by atoms with Crippen molar-refractivity contribution < 1.29 is 22.0 Å². The standard InChI is InChI=1S/C18H13F4N5O/c1-9-24-25-15(28-9)8-27-14-6-11(7-23-16(14)17(20)26-27)10-3-4-13(19)12(5-10)18(2,21)22/h3-7H,8H2,1-2H3. The van der Waals surface area contributed by atoms with Crippen molar-refractivity contribution in [3.8, 4) is 11.1 Å². The number of aryl methyl sites for hydroxylation is 1. The summed E-state index contributed by atoms with van der Waals surface area (Å²) in [7, 11) is 0. The SMILES string of the molecule is Cc1nnc(Cn2nc(F)c3ncc(-c4ccc(F)c(C(C)(F)F)c4)cc32)o1. The summed E-state index contributed by atoms with van der Waals surface area (Å²) in [6, 6.07) is 4.90. The lowest BCUT2D eigenvalue weighted by Gasteiger charge is -2.13. The third-order valence-corrected chi connectivity index (χ3v) is 4.18. The second-order valence-corrected chi connectivity index (χ2v) is 6.34. The van der Waals surface area contributed by atoms with E-state index in [2.05, 4.69) is 20.3 Å². The zero-order valence-electron chi connectivity index (χ0n) is 14.8. The first-order valence-electron chi connectivity index (χ1n) is 8.21. The van der Waals surface area contributed by atoms with Gasteiger partial charge >= 0.3 is 0 Å². The molecule has 144 valence electrons. The number of halogens is 4. The van der Waals surface area contributed by atoms with Crippen LogP contribution >= 0.6 is 0 Å². The third kappa shape index (κ3) is 3.21. The Morgan fingerprint density at radius 1 is 1.11 bits per heavy atom. The second kappa shape index (κ2) is 6.39. The number of nitrogens with zero attached hydrogens (tertiary/aromatic N) is 5. The third-order valence-electron chi connectivity index (χ3n) is 4.18. The van der Waals surface area contributed by atoms with Crippen molar-refractivity contribution in [1.82, 2.24) is 25.0 Å². The second-order valence-electron chi connectivity index (χ2n) is 6.34. The summed E-state index contributed by atoms with van der Waals surface area (Å²) in [6.07, 6.45) is 1.32. The van der Waals surface area contributed by atoms with Crippen LogP contribution in [0.5, 0.6) is 0 Å². The van der Waals surface area contributed by atoms with Crippen LogP contribution in [0.25, 0.3) is 22.2 Å². The van der Waals surface area contributed by atoms with Crippen LogP contribution in [0.1, 0.15) is 24.3 Å². The zero-order chi connectivity index (χ0) is 20.1. The minimum atomic E-state index is -3.35. The largest absolute Gasteiger partial charge is 0.424 e. The fraction of sp³-hybridized carbons (Fsp3) is 0.222. The van der Waals surface area contributed by atoms with E-state index in [-0.39, 0.29) is 18.0 Å². The molecule has 10 heteroatoms. The van der Waals surface area contributed by atoms with E-state index in [1.165, 1.54) is 23.0 Å². The maximum absolute atomic E-state index is 14.1. The molecule has 0 N–H and O–H groups in total. The molecule has 0 saturated heterocycles. The van der Waals surface area contributed by atoms with Crippen LogP contribution in [0.2, 0.25) is 0 Å². The fourth-order valence-corrected chi connectivity index (χ4v) is 2.87. The molecule has 0 spiro atoms. The highest BCUT2D eigenvalue weighted by Crippen LogP contribution is 2.33. The molecule has 0 aliphatic rings. The number of pyridine rings is 1. The molecule has 4 aromatic rings. The minimum Gasteiger partial charge on any atom is -0.424 e. The zero-order valence-corrected chi connectivity index (χ0v) is 14.8. The van der Waals surface area contributed by atoms with E-state index in [9.17, 15) is 17.6 Å². The summed E-state index contributed by atoms with van der Waals surface area (Å²) in [5.41, 5.74) is 0.296. The summed E-state index contributed by atoms with van der Waals surface area (Å²) in [5, 5.41) is 11.3. The van der Waals surface area contributed by atoms with Crippen LogP contribution in [0.15, 0.2) is 34.9 Å². The number of aromatic nitrogens is 5. The minimum absolute atomic E-state index is 0.00291. The molecule has 0 unspecified atom stereocenters. The van der Waals surface area contributed by atoms with Crippen LogP contribution in [0, 0.1) is 18.7 Å². The molecule has 0 bridgehead atoms. The maximum Gasteiger partial charge on any atom is 0.273 e. The number of benzene rings is 1. The Kier molecular flexibility index (Phi) is 4.13. The Balaban J connectivity index is 1.80. The van der Waals surface area contributed by atoms with Gasteiger partial charge in [-0.1, -0.05) is 6.07 Å². The van der Waals surface area contributed by atoms with E-state index >= 15 is 0 Å². The molecule has 0 fully saturated rings. The molecule has 4 rings (SSSR count). The first-order chi connectivity index (χ1) is 13.2. The molecule has 3 aromatic heterocycles. The number of hydrogen-bond acceptors (Lipinski definition) is 5. The lowest BCUT2D eigenvalue weighted by molar-refractivity contribution is 0.0138. The van der Waals surface area contributed by atoms with Crippen molar-refractivity contribution in [3.05, 3.63) is 59.6 Å². The van der Waals surface area contributed by atoms with Crippen molar-refractivity contribution in [3.63, 3.8) is 0 Å². The van der Waals surface area contributed by atoms with Crippen LogP contribution in [0.3, 0.4) is 0 Å². The van der Waals surface area contributed by atoms with Crippen LogP contribution in [-0.2, 0) is 12.5 Å². The molecule has 0 atom stereocenters. The van der Waals surface area contributed by atoms with Crippen LogP contribution in [-0.4, -0.2) is 25.0 Å². The molecule has 0 saturated carbocycles. The van der Waals surface area contributed by atoms with Gasteiger partial charge in [0.15, 0.2) is 0 Å². The van der Waals surface area contributed by atoms with Crippen LogP contribution < -0.4 is 0 Å². The molecule has 0 amide bonds. The summed E-state index contributed by atoms with van der Waals surface area (Å²) in [6.45, 7) is 2.25. The highest BCUT2D eigenvalue weighted by atomic mass is 19.3. The van der Waals surface area contributed by atoms with Crippen molar-refractivity contribution in [2.45, 2.75) is 26.3 Å². The van der Waals surface area contributed by atoms with E-state index in [1.54, 1.807) is 6.92 Å². The fourth-order valence-electron chi connectivity index (χ4n) is 2.87. The molecule has 0 radical (unpaired) electrons. The number of alkyl halides is 2. The van der Waals surface area contributed by atoms with Gasteiger partial charge in [0.05, 0.1) is 11.1 Å². The van der Waals surface area contributed by atoms with Gasteiger partial charge in [-0.2, -0.15) is 4.39 Å². The number of hydrogen-bond donors (Lipinski definition) is 0. The lowest BCUT2D eigenvalue weighted by Crippen LogP contribution is -2.10.